The highest BCUT2D eigenvalue weighted by Crippen LogP contribution is 2.25. The second-order valence-electron chi connectivity index (χ2n) is 6.63. The standard InChI is InChI=1S/C19H23FN4O3/c1-13(2)10-24-17(12-27-16-7-5-4-6-15(16)20)21-22-19(24)23-9-8-14(11-23)18(25)26-3/h4-7,14H,1,8-12H2,2-3H3. The molecular weight excluding hydrogens is 351 g/mol. The average Bonchev–Trinajstić information content (AvgIpc) is 3.27. The molecule has 0 amide bonds. The van der Waals surface area contributed by atoms with Gasteiger partial charge in [-0.2, -0.15) is 0 Å². The van der Waals surface area contributed by atoms with Crippen molar-refractivity contribution in [3.05, 3.63) is 48.1 Å². The van der Waals surface area contributed by atoms with Crippen molar-refractivity contribution in [3.63, 3.8) is 0 Å². The second kappa shape index (κ2) is 8.20. The zero-order chi connectivity index (χ0) is 19.4. The highest BCUT2D eigenvalue weighted by molar-refractivity contribution is 5.73. The Labute approximate surface area is 157 Å². The molecule has 2 heterocycles. The number of nitrogens with zero attached hydrogens (tertiary/aromatic N) is 4. The minimum atomic E-state index is -0.427. The number of anilines is 1. The van der Waals surface area contributed by atoms with E-state index in [0.717, 1.165) is 5.57 Å². The van der Waals surface area contributed by atoms with Crippen LogP contribution in [0.15, 0.2) is 36.4 Å². The Kier molecular flexibility index (Phi) is 5.73. The number of hydrogen-bond donors (Lipinski definition) is 0. The molecule has 1 unspecified atom stereocenters. The van der Waals surface area contributed by atoms with E-state index in [1.165, 1.54) is 13.2 Å². The monoisotopic (exact) mass is 374 g/mol. The van der Waals surface area contributed by atoms with Crippen molar-refractivity contribution in [2.75, 3.05) is 25.1 Å². The van der Waals surface area contributed by atoms with Crippen LogP contribution in [0.25, 0.3) is 0 Å². The number of aromatic nitrogens is 3. The SMILES string of the molecule is C=C(C)Cn1c(COc2ccccc2F)nnc1N1CCC(C(=O)OC)C1. The number of allylic oxidation sites excluding steroid dienone is 1. The smallest absolute Gasteiger partial charge is 0.310 e. The van der Waals surface area contributed by atoms with Gasteiger partial charge in [-0.15, -0.1) is 10.2 Å². The Bertz CT molecular complexity index is 836. The van der Waals surface area contributed by atoms with E-state index in [0.29, 0.717) is 37.8 Å². The molecule has 0 N–H and O–H groups in total. The van der Waals surface area contributed by atoms with Gasteiger partial charge in [-0.05, 0) is 25.5 Å². The Balaban J connectivity index is 1.78. The molecule has 0 aliphatic carbocycles. The number of esters is 1. The molecule has 1 fully saturated rings. The van der Waals surface area contributed by atoms with E-state index >= 15 is 0 Å². The van der Waals surface area contributed by atoms with Crippen molar-refractivity contribution >= 4 is 11.9 Å². The predicted octanol–water partition coefficient (Wildman–Crippen LogP) is 2.57. The van der Waals surface area contributed by atoms with Gasteiger partial charge in [-0.1, -0.05) is 24.3 Å². The Morgan fingerprint density at radius 1 is 1.37 bits per heavy atom. The molecule has 0 bridgehead atoms. The molecule has 7 nitrogen and oxygen atoms in total. The first-order chi connectivity index (χ1) is 13.0. The second-order valence-corrected chi connectivity index (χ2v) is 6.63. The van der Waals surface area contributed by atoms with Gasteiger partial charge < -0.3 is 14.4 Å². The molecule has 27 heavy (non-hydrogen) atoms. The normalized spacial score (nSPS) is 16.4. The van der Waals surface area contributed by atoms with Crippen LogP contribution in [0, 0.1) is 11.7 Å². The molecule has 1 aliphatic heterocycles. The molecule has 1 aromatic carbocycles. The molecule has 0 spiro atoms. The number of methoxy groups -OCH3 is 1. The maximum Gasteiger partial charge on any atom is 0.310 e. The van der Waals surface area contributed by atoms with E-state index in [1.54, 1.807) is 18.2 Å². The molecular formula is C19H23FN4O3. The van der Waals surface area contributed by atoms with Crippen LogP contribution in [0.4, 0.5) is 10.3 Å². The Hall–Kier alpha value is -2.90. The summed E-state index contributed by atoms with van der Waals surface area (Å²) in [6.07, 6.45) is 0.702. The fourth-order valence-electron chi connectivity index (χ4n) is 3.10. The third-order valence-electron chi connectivity index (χ3n) is 4.43. The first-order valence-corrected chi connectivity index (χ1v) is 8.76. The molecule has 144 valence electrons. The third-order valence-corrected chi connectivity index (χ3v) is 4.43. The van der Waals surface area contributed by atoms with Gasteiger partial charge in [0.15, 0.2) is 17.4 Å². The number of carbonyl (C=O) groups excluding carboxylic acids is 1. The topological polar surface area (TPSA) is 69.5 Å². The Morgan fingerprint density at radius 3 is 2.85 bits per heavy atom. The lowest BCUT2D eigenvalue weighted by atomic mass is 10.1. The van der Waals surface area contributed by atoms with Crippen molar-refractivity contribution in [2.45, 2.75) is 26.5 Å². The summed E-state index contributed by atoms with van der Waals surface area (Å²) in [4.78, 5) is 13.8. The van der Waals surface area contributed by atoms with Crippen molar-refractivity contribution in [3.8, 4) is 5.75 Å². The molecule has 0 radical (unpaired) electrons. The first kappa shape index (κ1) is 18.9. The lowest BCUT2D eigenvalue weighted by Crippen LogP contribution is -2.26. The summed E-state index contributed by atoms with van der Waals surface area (Å²) < 4.78 is 26.1. The molecule has 8 heteroatoms. The molecule has 1 atom stereocenters. The van der Waals surface area contributed by atoms with Crippen LogP contribution in [0.3, 0.4) is 0 Å². The highest BCUT2D eigenvalue weighted by Gasteiger charge is 2.32. The van der Waals surface area contributed by atoms with Gasteiger partial charge in [-0.3, -0.25) is 9.36 Å². The van der Waals surface area contributed by atoms with Gasteiger partial charge in [0.2, 0.25) is 5.95 Å². The largest absolute Gasteiger partial charge is 0.483 e. The minimum absolute atomic E-state index is 0.0789. The van der Waals surface area contributed by atoms with Crippen LogP contribution < -0.4 is 9.64 Å². The lowest BCUT2D eigenvalue weighted by Gasteiger charge is -2.19. The molecule has 1 aliphatic rings. The zero-order valence-electron chi connectivity index (χ0n) is 15.5. The van der Waals surface area contributed by atoms with E-state index in [9.17, 15) is 9.18 Å². The molecule has 3 rings (SSSR count). The van der Waals surface area contributed by atoms with Crippen LogP contribution in [0.5, 0.6) is 5.75 Å². The number of benzene rings is 1. The number of rotatable bonds is 7. The van der Waals surface area contributed by atoms with Crippen molar-refractivity contribution in [1.82, 2.24) is 14.8 Å². The van der Waals surface area contributed by atoms with E-state index in [-0.39, 0.29) is 24.2 Å². The van der Waals surface area contributed by atoms with E-state index in [2.05, 4.69) is 16.8 Å². The summed E-state index contributed by atoms with van der Waals surface area (Å²) in [6, 6.07) is 6.22. The number of ether oxygens (including phenoxy) is 2. The zero-order valence-corrected chi connectivity index (χ0v) is 15.5. The van der Waals surface area contributed by atoms with Crippen LogP contribution in [-0.2, 0) is 22.7 Å². The fourth-order valence-corrected chi connectivity index (χ4v) is 3.10. The maximum atomic E-state index is 13.8. The summed E-state index contributed by atoms with van der Waals surface area (Å²) >= 11 is 0. The average molecular weight is 374 g/mol. The molecule has 1 saturated heterocycles. The summed E-state index contributed by atoms with van der Waals surface area (Å²) in [7, 11) is 1.40. The first-order valence-electron chi connectivity index (χ1n) is 8.76. The van der Waals surface area contributed by atoms with E-state index in [1.807, 2.05) is 16.4 Å². The van der Waals surface area contributed by atoms with Crippen LogP contribution >= 0.6 is 0 Å². The Morgan fingerprint density at radius 2 is 2.15 bits per heavy atom. The van der Waals surface area contributed by atoms with Crippen molar-refractivity contribution in [2.24, 2.45) is 5.92 Å². The van der Waals surface area contributed by atoms with Gasteiger partial charge in [0, 0.05) is 19.6 Å². The van der Waals surface area contributed by atoms with E-state index in [4.69, 9.17) is 9.47 Å². The summed E-state index contributed by atoms with van der Waals surface area (Å²) in [6.45, 7) is 7.66. The predicted molar refractivity (Wildman–Crippen MR) is 97.9 cm³/mol. The number of halogens is 1. The highest BCUT2D eigenvalue weighted by atomic mass is 19.1. The summed E-state index contributed by atoms with van der Waals surface area (Å²) in [5, 5.41) is 8.49. The molecule has 1 aromatic heterocycles. The van der Waals surface area contributed by atoms with Crippen LogP contribution in [0.1, 0.15) is 19.2 Å². The number of hydrogen-bond acceptors (Lipinski definition) is 6. The lowest BCUT2D eigenvalue weighted by molar-refractivity contribution is -0.144. The molecule has 2 aromatic rings. The third kappa shape index (κ3) is 4.27. The molecule has 0 saturated carbocycles. The minimum Gasteiger partial charge on any atom is -0.483 e. The van der Waals surface area contributed by atoms with Gasteiger partial charge >= 0.3 is 5.97 Å². The van der Waals surface area contributed by atoms with Gasteiger partial charge in [0.1, 0.15) is 6.61 Å². The van der Waals surface area contributed by atoms with Gasteiger partial charge in [0.05, 0.1) is 13.0 Å². The maximum absolute atomic E-state index is 13.8. The van der Waals surface area contributed by atoms with Crippen molar-refractivity contribution < 1.29 is 18.7 Å². The van der Waals surface area contributed by atoms with Gasteiger partial charge in [0.25, 0.3) is 0 Å². The van der Waals surface area contributed by atoms with Crippen molar-refractivity contribution in [1.29, 1.82) is 0 Å². The number of para-hydroxylation sites is 1. The van der Waals surface area contributed by atoms with Crippen LogP contribution in [0.2, 0.25) is 0 Å². The van der Waals surface area contributed by atoms with Gasteiger partial charge in [-0.25, -0.2) is 4.39 Å². The summed E-state index contributed by atoms with van der Waals surface area (Å²) in [5.41, 5.74) is 0.923. The quantitative estimate of drug-likeness (QED) is 0.548. The van der Waals surface area contributed by atoms with E-state index < -0.39 is 5.82 Å². The van der Waals surface area contributed by atoms with Crippen LogP contribution in [-0.4, -0.2) is 40.9 Å². The number of carbonyl (C=O) groups is 1. The summed E-state index contributed by atoms with van der Waals surface area (Å²) in [5.74, 6) is 0.559. The fraction of sp³-hybridized carbons (Fsp3) is 0.421.